The zero-order valence-corrected chi connectivity index (χ0v) is 10.8. The molecule has 0 unspecified atom stereocenters. The highest BCUT2D eigenvalue weighted by atomic mass is 32.1. The Kier molecular flexibility index (Phi) is 4.65. The first-order chi connectivity index (χ1) is 7.90. The lowest BCUT2D eigenvalue weighted by molar-refractivity contribution is -0.121. The Hall–Kier alpha value is -1.40. The fourth-order valence-electron chi connectivity index (χ4n) is 1.17. The lowest BCUT2D eigenvalue weighted by Crippen LogP contribution is -2.20. The summed E-state index contributed by atoms with van der Waals surface area (Å²) in [5, 5.41) is 12.0. The normalized spacial score (nSPS) is 10.6. The van der Waals surface area contributed by atoms with Gasteiger partial charge in [0.15, 0.2) is 0 Å². The maximum Gasteiger partial charge on any atom is 0.346 e. The van der Waals surface area contributed by atoms with Gasteiger partial charge in [-0.2, -0.15) is 0 Å². The molecule has 0 radical (unpaired) electrons. The van der Waals surface area contributed by atoms with Crippen LogP contribution in [0.15, 0.2) is 6.07 Å². The summed E-state index contributed by atoms with van der Waals surface area (Å²) in [5.41, 5.74) is 0.641. The summed E-state index contributed by atoms with van der Waals surface area (Å²) in [5.74, 6) is -1.26. The summed E-state index contributed by atoms with van der Waals surface area (Å²) in [6, 6.07) is 1.64. The summed E-state index contributed by atoms with van der Waals surface area (Å²) in [6.07, 6.45) is -0.0135. The second kappa shape index (κ2) is 5.79. The number of aryl methyl sites for hydroxylation is 1. The third kappa shape index (κ3) is 4.16. The zero-order valence-electron chi connectivity index (χ0n) is 9.94. The van der Waals surface area contributed by atoms with Gasteiger partial charge in [-0.1, -0.05) is 0 Å². The smallest absolute Gasteiger partial charge is 0.346 e. The van der Waals surface area contributed by atoms with Crippen LogP contribution in [0.2, 0.25) is 0 Å². The Morgan fingerprint density at radius 3 is 2.65 bits per heavy atom. The molecular formula is C11H15NO4S. The van der Waals surface area contributed by atoms with Crippen molar-refractivity contribution in [2.75, 3.05) is 11.9 Å². The number of thiophene rings is 1. The van der Waals surface area contributed by atoms with Crippen LogP contribution in [0.4, 0.5) is 5.00 Å². The lowest BCUT2D eigenvalue weighted by atomic mass is 10.3. The summed E-state index contributed by atoms with van der Waals surface area (Å²) in [6.45, 7) is 5.34. The quantitative estimate of drug-likeness (QED) is 0.847. The molecule has 0 aromatic carbocycles. The summed E-state index contributed by atoms with van der Waals surface area (Å²) < 4.78 is 5.14. The third-order valence-corrected chi connectivity index (χ3v) is 3.06. The van der Waals surface area contributed by atoms with E-state index in [4.69, 9.17) is 9.84 Å². The number of carbonyl (C=O) groups is 2. The zero-order chi connectivity index (χ0) is 13.0. The number of carboxylic acid groups (broad SMARTS) is 1. The SMILES string of the molecule is Cc1cc(NC(=O)COC(C)C)sc1C(=O)O. The Morgan fingerprint density at radius 1 is 1.53 bits per heavy atom. The van der Waals surface area contributed by atoms with Gasteiger partial charge in [0.1, 0.15) is 11.5 Å². The van der Waals surface area contributed by atoms with Crippen LogP contribution in [-0.4, -0.2) is 29.7 Å². The highest BCUT2D eigenvalue weighted by molar-refractivity contribution is 7.18. The van der Waals surface area contributed by atoms with Crippen molar-refractivity contribution in [2.45, 2.75) is 26.9 Å². The molecule has 17 heavy (non-hydrogen) atoms. The predicted octanol–water partition coefficient (Wildman–Crippen LogP) is 2.12. The maximum atomic E-state index is 11.4. The van der Waals surface area contributed by atoms with Crippen LogP contribution >= 0.6 is 11.3 Å². The van der Waals surface area contributed by atoms with E-state index in [0.29, 0.717) is 10.6 Å². The van der Waals surface area contributed by atoms with Gasteiger partial charge in [-0.25, -0.2) is 4.79 Å². The molecule has 2 N–H and O–H groups in total. The first kappa shape index (κ1) is 13.7. The van der Waals surface area contributed by atoms with Crippen molar-refractivity contribution >= 4 is 28.2 Å². The van der Waals surface area contributed by atoms with Crippen molar-refractivity contribution in [3.8, 4) is 0 Å². The molecule has 1 heterocycles. The second-order valence-corrected chi connectivity index (χ2v) is 4.89. The fraction of sp³-hybridized carbons (Fsp3) is 0.455. The van der Waals surface area contributed by atoms with E-state index in [2.05, 4.69) is 5.32 Å². The third-order valence-electron chi connectivity index (χ3n) is 1.92. The van der Waals surface area contributed by atoms with E-state index in [1.807, 2.05) is 13.8 Å². The number of nitrogens with one attached hydrogen (secondary N) is 1. The molecule has 1 amide bonds. The van der Waals surface area contributed by atoms with Crippen molar-refractivity contribution in [1.29, 1.82) is 0 Å². The fourth-order valence-corrected chi connectivity index (χ4v) is 2.10. The standard InChI is InChI=1S/C11H15NO4S/c1-6(2)16-5-8(13)12-9-4-7(3)10(17-9)11(14)15/h4,6H,5H2,1-3H3,(H,12,13)(H,14,15). The molecular weight excluding hydrogens is 242 g/mol. The number of hydrogen-bond acceptors (Lipinski definition) is 4. The van der Waals surface area contributed by atoms with Crippen LogP contribution in [0, 0.1) is 6.92 Å². The lowest BCUT2D eigenvalue weighted by Gasteiger charge is -2.06. The van der Waals surface area contributed by atoms with Crippen molar-refractivity contribution < 1.29 is 19.4 Å². The summed E-state index contributed by atoms with van der Waals surface area (Å²) >= 11 is 1.04. The average molecular weight is 257 g/mol. The van der Waals surface area contributed by atoms with Crippen LogP contribution in [0.5, 0.6) is 0 Å². The molecule has 5 nitrogen and oxygen atoms in total. The molecule has 0 aliphatic carbocycles. The van der Waals surface area contributed by atoms with E-state index in [-0.39, 0.29) is 23.5 Å². The molecule has 1 aromatic heterocycles. The molecule has 0 fully saturated rings. The number of hydrogen-bond donors (Lipinski definition) is 2. The van der Waals surface area contributed by atoms with E-state index >= 15 is 0 Å². The predicted molar refractivity (Wildman–Crippen MR) is 65.7 cm³/mol. The molecule has 1 aromatic rings. The largest absolute Gasteiger partial charge is 0.477 e. The van der Waals surface area contributed by atoms with E-state index in [0.717, 1.165) is 11.3 Å². The van der Waals surface area contributed by atoms with Gasteiger partial charge in [-0.15, -0.1) is 11.3 Å². The van der Waals surface area contributed by atoms with Gasteiger partial charge in [0.25, 0.3) is 5.91 Å². The van der Waals surface area contributed by atoms with Gasteiger partial charge >= 0.3 is 5.97 Å². The first-order valence-corrected chi connectivity index (χ1v) is 5.97. The first-order valence-electron chi connectivity index (χ1n) is 5.15. The van der Waals surface area contributed by atoms with E-state index in [9.17, 15) is 9.59 Å². The van der Waals surface area contributed by atoms with Crippen molar-refractivity contribution in [1.82, 2.24) is 0 Å². The molecule has 0 saturated heterocycles. The molecule has 0 spiro atoms. The van der Waals surface area contributed by atoms with Crippen LogP contribution in [0.1, 0.15) is 29.1 Å². The molecule has 1 rings (SSSR count). The number of ether oxygens (including phenoxy) is 1. The molecule has 6 heteroatoms. The number of anilines is 1. The minimum atomic E-state index is -0.980. The molecule has 0 aliphatic rings. The number of carboxylic acids is 1. The second-order valence-electron chi connectivity index (χ2n) is 3.84. The van der Waals surface area contributed by atoms with Crippen molar-refractivity contribution in [3.05, 3.63) is 16.5 Å². The molecule has 0 atom stereocenters. The van der Waals surface area contributed by atoms with Gasteiger partial charge in [0.2, 0.25) is 0 Å². The van der Waals surface area contributed by atoms with Crippen molar-refractivity contribution in [2.24, 2.45) is 0 Å². The van der Waals surface area contributed by atoms with Crippen LogP contribution in [-0.2, 0) is 9.53 Å². The van der Waals surface area contributed by atoms with E-state index in [1.165, 1.54) is 0 Å². The Labute approximate surface area is 103 Å². The molecule has 94 valence electrons. The van der Waals surface area contributed by atoms with E-state index < -0.39 is 5.97 Å². The number of aromatic carboxylic acids is 1. The maximum absolute atomic E-state index is 11.4. The van der Waals surface area contributed by atoms with Gasteiger partial charge in [-0.05, 0) is 32.4 Å². The van der Waals surface area contributed by atoms with Crippen LogP contribution in [0.3, 0.4) is 0 Å². The summed E-state index contributed by atoms with van der Waals surface area (Å²) in [4.78, 5) is 22.5. The highest BCUT2D eigenvalue weighted by Gasteiger charge is 2.13. The van der Waals surface area contributed by atoms with Gasteiger partial charge in [0, 0.05) is 0 Å². The van der Waals surface area contributed by atoms with Crippen LogP contribution < -0.4 is 5.32 Å². The Balaban J connectivity index is 2.60. The van der Waals surface area contributed by atoms with Crippen LogP contribution in [0.25, 0.3) is 0 Å². The Bertz CT molecular complexity index is 425. The van der Waals surface area contributed by atoms with Gasteiger partial charge < -0.3 is 15.2 Å². The van der Waals surface area contributed by atoms with Gasteiger partial charge in [0.05, 0.1) is 11.1 Å². The molecule has 0 aliphatic heterocycles. The topological polar surface area (TPSA) is 75.6 Å². The Morgan fingerprint density at radius 2 is 2.18 bits per heavy atom. The van der Waals surface area contributed by atoms with Gasteiger partial charge in [-0.3, -0.25) is 4.79 Å². The minimum absolute atomic E-state index is 0.0135. The average Bonchev–Trinajstić information content (AvgIpc) is 2.56. The molecule has 0 bridgehead atoms. The highest BCUT2D eigenvalue weighted by Crippen LogP contribution is 2.26. The van der Waals surface area contributed by atoms with E-state index in [1.54, 1.807) is 13.0 Å². The molecule has 0 saturated carbocycles. The number of carbonyl (C=O) groups excluding carboxylic acids is 1. The summed E-state index contributed by atoms with van der Waals surface area (Å²) in [7, 11) is 0. The monoisotopic (exact) mass is 257 g/mol. The number of rotatable bonds is 5. The number of amides is 1. The van der Waals surface area contributed by atoms with Crippen molar-refractivity contribution in [3.63, 3.8) is 0 Å². The minimum Gasteiger partial charge on any atom is -0.477 e.